The topological polar surface area (TPSA) is 125 Å². The summed E-state index contributed by atoms with van der Waals surface area (Å²) in [4.78, 5) is 24.5. The van der Waals surface area contributed by atoms with Crippen LogP contribution in [0, 0.1) is 5.92 Å². The molecule has 0 saturated heterocycles. The quantitative estimate of drug-likeness (QED) is 0.305. The number of aryl methyl sites for hydroxylation is 1. The van der Waals surface area contributed by atoms with Gasteiger partial charge in [-0.15, -0.1) is 5.10 Å². The zero-order valence-corrected chi connectivity index (χ0v) is 23.7. The molecule has 0 bridgehead atoms. The average Bonchev–Trinajstić information content (AvgIpc) is 3.36. The summed E-state index contributed by atoms with van der Waals surface area (Å²) in [7, 11) is -1.00. The minimum Gasteiger partial charge on any atom is -0.490 e. The van der Waals surface area contributed by atoms with Crippen LogP contribution in [-0.4, -0.2) is 62.8 Å². The van der Waals surface area contributed by atoms with E-state index in [2.05, 4.69) is 22.3 Å². The molecule has 0 saturated carbocycles. The smallest absolute Gasteiger partial charge is 0.279 e. The second-order valence-electron chi connectivity index (χ2n) is 10.8. The van der Waals surface area contributed by atoms with Crippen molar-refractivity contribution >= 4 is 19.1 Å². The number of aromatic nitrogens is 5. The van der Waals surface area contributed by atoms with Gasteiger partial charge in [-0.25, -0.2) is 0 Å². The molecule has 4 aromatic rings. The molecule has 3 heterocycles. The van der Waals surface area contributed by atoms with E-state index >= 15 is 0 Å². The van der Waals surface area contributed by atoms with Crippen LogP contribution < -0.4 is 10.3 Å². The van der Waals surface area contributed by atoms with Gasteiger partial charge in [0.2, 0.25) is 0 Å². The van der Waals surface area contributed by atoms with Crippen molar-refractivity contribution in [1.29, 1.82) is 0 Å². The standard InChI is InChI=1S/C28H35N5O5Si/c1-18-26(37-2)23-15-21(33-28(35)22-8-6-5-7-19(22)16-29-33)9-10-24(23)38-27(18)25(39(3,4)36)11-13-32-17-20(12-14-34)30-31-32/h5-10,15-18,25-27,34,36H,11-14H2,1-4H3/t18-,25?,26-,27-/m0/s1. The van der Waals surface area contributed by atoms with Gasteiger partial charge in [0.1, 0.15) is 11.9 Å². The van der Waals surface area contributed by atoms with Crippen LogP contribution in [0.4, 0.5) is 0 Å². The van der Waals surface area contributed by atoms with E-state index in [4.69, 9.17) is 14.6 Å². The van der Waals surface area contributed by atoms with Crippen molar-refractivity contribution in [3.63, 3.8) is 0 Å². The predicted octanol–water partition coefficient (Wildman–Crippen LogP) is 3.25. The third-order valence-corrected chi connectivity index (χ3v) is 10.1. The van der Waals surface area contributed by atoms with Crippen LogP contribution in [0.15, 0.2) is 59.7 Å². The van der Waals surface area contributed by atoms with Crippen LogP contribution >= 0.6 is 0 Å². The fourth-order valence-electron chi connectivity index (χ4n) is 5.64. The monoisotopic (exact) mass is 549 g/mol. The number of hydrogen-bond acceptors (Lipinski definition) is 8. The maximum Gasteiger partial charge on any atom is 0.279 e. The molecule has 1 aliphatic heterocycles. The first-order valence-electron chi connectivity index (χ1n) is 13.2. The molecule has 10 nitrogen and oxygen atoms in total. The third-order valence-electron chi connectivity index (χ3n) is 7.68. The normalized spacial score (nSPS) is 20.0. The van der Waals surface area contributed by atoms with E-state index in [0.717, 1.165) is 16.6 Å². The van der Waals surface area contributed by atoms with Gasteiger partial charge in [0, 0.05) is 55.3 Å². The number of aliphatic hydroxyl groups excluding tert-OH is 1. The summed E-state index contributed by atoms with van der Waals surface area (Å²) < 4.78 is 15.8. The largest absolute Gasteiger partial charge is 0.490 e. The molecule has 0 aliphatic carbocycles. The second kappa shape index (κ2) is 11.0. The zero-order valence-electron chi connectivity index (χ0n) is 22.7. The minimum absolute atomic E-state index is 0.0242. The molecular weight excluding hydrogens is 514 g/mol. The number of nitrogens with zero attached hydrogens (tertiary/aromatic N) is 5. The summed E-state index contributed by atoms with van der Waals surface area (Å²) in [6.07, 6.45) is 4.08. The first-order valence-corrected chi connectivity index (χ1v) is 16.3. The van der Waals surface area contributed by atoms with E-state index in [1.54, 1.807) is 24.1 Å². The summed E-state index contributed by atoms with van der Waals surface area (Å²) in [6, 6.07) is 13.0. The van der Waals surface area contributed by atoms with Crippen molar-refractivity contribution in [3.8, 4) is 11.4 Å². The molecule has 0 radical (unpaired) electrons. The second-order valence-corrected chi connectivity index (χ2v) is 14.8. The van der Waals surface area contributed by atoms with Crippen LogP contribution in [-0.2, 0) is 17.7 Å². The maximum atomic E-state index is 13.2. The molecule has 0 amide bonds. The predicted molar refractivity (Wildman–Crippen MR) is 150 cm³/mol. The Hall–Kier alpha value is -3.38. The molecule has 2 aromatic heterocycles. The molecule has 206 valence electrons. The Morgan fingerprint density at radius 2 is 2.00 bits per heavy atom. The van der Waals surface area contributed by atoms with Gasteiger partial charge in [-0.05, 0) is 43.8 Å². The molecule has 2 N–H and O–H groups in total. The highest BCUT2D eigenvalue weighted by Gasteiger charge is 2.46. The Labute approximate surface area is 227 Å². The van der Waals surface area contributed by atoms with Crippen molar-refractivity contribution in [2.75, 3.05) is 13.7 Å². The highest BCUT2D eigenvalue weighted by molar-refractivity contribution is 6.71. The number of aliphatic hydroxyl groups is 1. The number of benzene rings is 2. The van der Waals surface area contributed by atoms with Gasteiger partial charge in [0.15, 0.2) is 8.32 Å². The van der Waals surface area contributed by atoms with Crippen molar-refractivity contribution < 1.29 is 19.4 Å². The molecule has 4 atom stereocenters. The third kappa shape index (κ3) is 5.40. The fraction of sp³-hybridized carbons (Fsp3) is 0.429. The molecule has 2 aromatic carbocycles. The summed E-state index contributed by atoms with van der Waals surface area (Å²) in [5, 5.41) is 23.3. The maximum absolute atomic E-state index is 13.2. The number of hydrogen-bond donors (Lipinski definition) is 2. The van der Waals surface area contributed by atoms with Gasteiger partial charge >= 0.3 is 0 Å². The van der Waals surface area contributed by atoms with E-state index in [1.165, 1.54) is 4.68 Å². The van der Waals surface area contributed by atoms with Crippen LogP contribution in [0.3, 0.4) is 0 Å². The van der Waals surface area contributed by atoms with Gasteiger partial charge in [0.05, 0.1) is 29.1 Å². The summed E-state index contributed by atoms with van der Waals surface area (Å²) in [5.74, 6) is 0.612. The van der Waals surface area contributed by atoms with Crippen LogP contribution in [0.25, 0.3) is 16.5 Å². The molecule has 11 heteroatoms. The van der Waals surface area contributed by atoms with Gasteiger partial charge in [0.25, 0.3) is 5.56 Å². The van der Waals surface area contributed by atoms with Crippen molar-refractivity contribution in [3.05, 3.63) is 76.5 Å². The number of rotatable bonds is 9. The van der Waals surface area contributed by atoms with Crippen LogP contribution in [0.5, 0.6) is 5.75 Å². The van der Waals surface area contributed by atoms with Crippen LogP contribution in [0.2, 0.25) is 18.6 Å². The molecular formula is C28H35N5O5Si. The Morgan fingerprint density at radius 1 is 1.21 bits per heavy atom. The summed E-state index contributed by atoms with van der Waals surface area (Å²) in [6.45, 7) is 6.55. The zero-order chi connectivity index (χ0) is 27.7. The van der Waals surface area contributed by atoms with Gasteiger partial charge in [-0.2, -0.15) is 9.78 Å². The lowest BCUT2D eigenvalue weighted by atomic mass is 9.86. The lowest BCUT2D eigenvalue weighted by Crippen LogP contribution is -2.48. The van der Waals surface area contributed by atoms with Crippen LogP contribution in [0.1, 0.15) is 30.7 Å². The average molecular weight is 550 g/mol. The summed E-state index contributed by atoms with van der Waals surface area (Å²) >= 11 is 0. The van der Waals surface area contributed by atoms with Gasteiger partial charge < -0.3 is 19.4 Å². The first kappa shape index (κ1) is 27.2. The molecule has 39 heavy (non-hydrogen) atoms. The lowest BCUT2D eigenvalue weighted by Gasteiger charge is -2.43. The Bertz CT molecular complexity index is 1510. The van der Waals surface area contributed by atoms with E-state index < -0.39 is 8.32 Å². The summed E-state index contributed by atoms with van der Waals surface area (Å²) in [5.41, 5.74) is 1.93. The van der Waals surface area contributed by atoms with Crippen molar-refractivity contribution in [2.24, 2.45) is 5.92 Å². The number of methoxy groups -OCH3 is 1. The molecule has 0 spiro atoms. The molecule has 5 rings (SSSR count). The Kier molecular flexibility index (Phi) is 7.67. The number of fused-ring (bicyclic) bond motifs is 2. The number of ether oxygens (including phenoxy) is 2. The SMILES string of the molecule is CO[C@@H]1c2cc(-n3ncc4ccccc4c3=O)ccc2O[C@H](C(CCn2cc(CCO)nn2)[Si](C)(C)O)[C@H]1C. The molecule has 1 unspecified atom stereocenters. The fourth-order valence-corrected chi connectivity index (χ4v) is 7.65. The highest BCUT2D eigenvalue weighted by Crippen LogP contribution is 2.47. The highest BCUT2D eigenvalue weighted by atomic mass is 28.4. The van der Waals surface area contributed by atoms with E-state index in [9.17, 15) is 9.59 Å². The molecule has 0 fully saturated rings. The Balaban J connectivity index is 1.45. The van der Waals surface area contributed by atoms with E-state index in [0.29, 0.717) is 36.2 Å². The van der Waals surface area contributed by atoms with Gasteiger partial charge in [-0.1, -0.05) is 30.3 Å². The van der Waals surface area contributed by atoms with E-state index in [-0.39, 0.29) is 35.8 Å². The molecule has 1 aliphatic rings. The lowest BCUT2D eigenvalue weighted by molar-refractivity contribution is -0.0247. The van der Waals surface area contributed by atoms with Crippen molar-refractivity contribution in [2.45, 2.75) is 57.2 Å². The van der Waals surface area contributed by atoms with Crippen molar-refractivity contribution in [1.82, 2.24) is 24.8 Å². The Morgan fingerprint density at radius 3 is 2.74 bits per heavy atom. The van der Waals surface area contributed by atoms with E-state index in [1.807, 2.05) is 55.7 Å². The van der Waals surface area contributed by atoms with Gasteiger partial charge in [-0.3, -0.25) is 9.48 Å². The first-order chi connectivity index (χ1) is 18.7. The minimum atomic E-state index is -2.68.